The maximum Gasteiger partial charge on any atom is 0.421 e. The van der Waals surface area contributed by atoms with Gasteiger partial charge in [-0.1, -0.05) is 30.3 Å². The summed E-state index contributed by atoms with van der Waals surface area (Å²) in [5.41, 5.74) is -2.66. The van der Waals surface area contributed by atoms with E-state index in [1.807, 2.05) is 0 Å². The standard InChI is InChI=1S/C26H25F4N3O4S/c1-25(35,26(28,29)30)18-8-14-23-17(15-18)7-11-21(16-31-24(34)32-20-5-3-2-4-6-20)33(23)38(36,37)22-12-9-19(27)10-13-22/h2-6,8-10,12-15,21,35H,7,11,16H2,1H3,(H2,31,32,34). The van der Waals surface area contributed by atoms with Crippen LogP contribution in [0.2, 0.25) is 0 Å². The van der Waals surface area contributed by atoms with Crippen molar-refractivity contribution in [1.82, 2.24) is 5.32 Å². The molecule has 0 saturated heterocycles. The van der Waals surface area contributed by atoms with E-state index in [-0.39, 0.29) is 35.5 Å². The summed E-state index contributed by atoms with van der Waals surface area (Å²) in [5, 5.41) is 15.4. The molecule has 0 aliphatic carbocycles. The summed E-state index contributed by atoms with van der Waals surface area (Å²) in [5.74, 6) is -0.641. The normalized spacial score (nSPS) is 17.3. The fourth-order valence-corrected chi connectivity index (χ4v) is 5.96. The molecule has 38 heavy (non-hydrogen) atoms. The van der Waals surface area contributed by atoms with E-state index in [9.17, 15) is 35.9 Å². The summed E-state index contributed by atoms with van der Waals surface area (Å²) in [4.78, 5) is 12.2. The monoisotopic (exact) mass is 551 g/mol. The van der Waals surface area contributed by atoms with Crippen molar-refractivity contribution in [2.24, 2.45) is 0 Å². The quantitative estimate of drug-likeness (QED) is 0.379. The van der Waals surface area contributed by atoms with Crippen molar-refractivity contribution >= 4 is 27.4 Å². The minimum absolute atomic E-state index is 0.109. The first-order valence-electron chi connectivity index (χ1n) is 11.6. The molecule has 3 aromatic rings. The Bertz CT molecular complexity index is 1410. The molecule has 0 bridgehead atoms. The van der Waals surface area contributed by atoms with E-state index in [1.165, 1.54) is 6.07 Å². The number of amides is 2. The molecule has 0 saturated carbocycles. The lowest BCUT2D eigenvalue weighted by Crippen LogP contribution is -2.50. The Morgan fingerprint density at radius 3 is 2.34 bits per heavy atom. The first-order chi connectivity index (χ1) is 17.8. The minimum Gasteiger partial charge on any atom is -0.376 e. The molecule has 2 atom stereocenters. The first kappa shape index (κ1) is 27.4. The van der Waals surface area contributed by atoms with Gasteiger partial charge in [0.2, 0.25) is 0 Å². The van der Waals surface area contributed by atoms with E-state index in [1.54, 1.807) is 30.3 Å². The van der Waals surface area contributed by atoms with E-state index in [4.69, 9.17) is 0 Å². The second-order valence-corrected chi connectivity index (χ2v) is 10.9. The Labute approximate surface area is 217 Å². The lowest BCUT2D eigenvalue weighted by atomic mass is 9.89. The zero-order valence-electron chi connectivity index (χ0n) is 20.2. The van der Waals surface area contributed by atoms with Crippen molar-refractivity contribution in [2.45, 2.75) is 42.5 Å². The summed E-state index contributed by atoms with van der Waals surface area (Å²) in [7, 11) is -4.31. The van der Waals surface area contributed by atoms with Crippen molar-refractivity contribution < 1.29 is 35.9 Å². The highest BCUT2D eigenvalue weighted by atomic mass is 32.2. The van der Waals surface area contributed by atoms with Crippen LogP contribution in [0.3, 0.4) is 0 Å². The Hall–Kier alpha value is -3.64. The van der Waals surface area contributed by atoms with Crippen LogP contribution < -0.4 is 14.9 Å². The number of benzene rings is 3. The highest BCUT2D eigenvalue weighted by Gasteiger charge is 2.51. The number of hydrogen-bond acceptors (Lipinski definition) is 4. The van der Waals surface area contributed by atoms with Gasteiger partial charge in [0.25, 0.3) is 10.0 Å². The molecular formula is C26H25F4N3O4S. The van der Waals surface area contributed by atoms with Crippen LogP contribution in [0.5, 0.6) is 0 Å². The lowest BCUT2D eigenvalue weighted by molar-refractivity contribution is -0.258. The largest absolute Gasteiger partial charge is 0.421 e. The molecule has 3 aromatic carbocycles. The van der Waals surface area contributed by atoms with E-state index in [0.29, 0.717) is 12.6 Å². The molecule has 12 heteroatoms. The first-order valence-corrected chi connectivity index (χ1v) is 13.1. The van der Waals surface area contributed by atoms with E-state index in [0.717, 1.165) is 40.7 Å². The smallest absolute Gasteiger partial charge is 0.376 e. The van der Waals surface area contributed by atoms with Gasteiger partial charge < -0.3 is 15.7 Å². The molecule has 0 aromatic heterocycles. The average molecular weight is 552 g/mol. The minimum atomic E-state index is -4.95. The lowest BCUT2D eigenvalue weighted by Gasteiger charge is -2.38. The Morgan fingerprint density at radius 2 is 1.71 bits per heavy atom. The van der Waals surface area contributed by atoms with Gasteiger partial charge in [0.15, 0.2) is 5.60 Å². The van der Waals surface area contributed by atoms with E-state index >= 15 is 0 Å². The molecule has 0 fully saturated rings. The van der Waals surface area contributed by atoms with Crippen LogP contribution in [-0.2, 0) is 22.0 Å². The van der Waals surface area contributed by atoms with Crippen LogP contribution in [0, 0.1) is 5.82 Å². The summed E-state index contributed by atoms with van der Waals surface area (Å²) in [6.45, 7) is 0.517. The number of sulfonamides is 1. The van der Waals surface area contributed by atoms with Gasteiger partial charge in [-0.2, -0.15) is 13.2 Å². The highest BCUT2D eigenvalue weighted by molar-refractivity contribution is 7.92. The number of carbonyl (C=O) groups is 1. The number of hydrogen-bond donors (Lipinski definition) is 3. The number of aliphatic hydroxyl groups is 1. The van der Waals surface area contributed by atoms with Crippen LogP contribution in [0.4, 0.5) is 33.7 Å². The fraction of sp³-hybridized carbons (Fsp3) is 0.269. The maximum absolute atomic E-state index is 13.7. The van der Waals surface area contributed by atoms with Gasteiger partial charge in [0.05, 0.1) is 16.6 Å². The number of aryl methyl sites for hydroxylation is 1. The fourth-order valence-electron chi connectivity index (χ4n) is 4.24. The topological polar surface area (TPSA) is 98.7 Å². The molecule has 7 nitrogen and oxygen atoms in total. The average Bonchev–Trinajstić information content (AvgIpc) is 2.86. The number of anilines is 2. The number of carbonyl (C=O) groups excluding carboxylic acids is 1. The van der Waals surface area contributed by atoms with Crippen molar-refractivity contribution in [3.8, 4) is 0 Å². The molecule has 2 amide bonds. The predicted octanol–water partition coefficient (Wildman–Crippen LogP) is 4.93. The summed E-state index contributed by atoms with van der Waals surface area (Å²) >= 11 is 0. The Balaban J connectivity index is 1.68. The molecule has 202 valence electrons. The predicted molar refractivity (Wildman–Crippen MR) is 134 cm³/mol. The number of para-hydroxylation sites is 1. The third-order valence-corrected chi connectivity index (χ3v) is 8.29. The summed E-state index contributed by atoms with van der Waals surface area (Å²) in [6, 6.07) is 14.8. The van der Waals surface area contributed by atoms with Gasteiger partial charge in [-0.05, 0) is 73.4 Å². The number of fused-ring (bicyclic) bond motifs is 1. The zero-order valence-corrected chi connectivity index (χ0v) is 21.0. The zero-order chi connectivity index (χ0) is 27.7. The van der Waals surface area contributed by atoms with E-state index in [2.05, 4.69) is 10.6 Å². The van der Waals surface area contributed by atoms with Crippen molar-refractivity contribution in [3.63, 3.8) is 0 Å². The maximum atomic E-state index is 13.7. The third kappa shape index (κ3) is 5.46. The van der Waals surface area contributed by atoms with Gasteiger partial charge in [0, 0.05) is 12.2 Å². The van der Waals surface area contributed by atoms with E-state index < -0.39 is 45.3 Å². The molecule has 1 aliphatic rings. The number of halogens is 4. The molecule has 1 aliphatic heterocycles. The molecule has 0 radical (unpaired) electrons. The summed E-state index contributed by atoms with van der Waals surface area (Å²) in [6.07, 6.45) is -4.59. The number of nitrogens with one attached hydrogen (secondary N) is 2. The summed E-state index contributed by atoms with van der Waals surface area (Å²) < 4.78 is 82.2. The van der Waals surface area contributed by atoms with Crippen LogP contribution in [-0.4, -0.2) is 38.3 Å². The van der Waals surface area contributed by atoms with Crippen LogP contribution in [0.1, 0.15) is 24.5 Å². The van der Waals surface area contributed by atoms with Crippen molar-refractivity contribution in [1.29, 1.82) is 0 Å². The van der Waals surface area contributed by atoms with Gasteiger partial charge in [-0.3, -0.25) is 4.31 Å². The van der Waals surface area contributed by atoms with Crippen molar-refractivity contribution in [2.75, 3.05) is 16.2 Å². The number of alkyl halides is 3. The number of nitrogens with zero attached hydrogens (tertiary/aromatic N) is 1. The van der Waals surface area contributed by atoms with Crippen LogP contribution in [0.15, 0.2) is 77.7 Å². The second-order valence-electron chi connectivity index (χ2n) is 9.06. The molecule has 1 heterocycles. The Kier molecular flexibility index (Phi) is 7.39. The molecule has 3 N–H and O–H groups in total. The molecule has 4 rings (SSSR count). The van der Waals surface area contributed by atoms with Crippen LogP contribution in [0.25, 0.3) is 0 Å². The van der Waals surface area contributed by atoms with Crippen LogP contribution >= 0.6 is 0 Å². The van der Waals surface area contributed by atoms with Gasteiger partial charge in [-0.15, -0.1) is 0 Å². The molecule has 0 spiro atoms. The number of rotatable bonds is 6. The van der Waals surface area contributed by atoms with Crippen molar-refractivity contribution in [3.05, 3.63) is 89.7 Å². The Morgan fingerprint density at radius 1 is 1.05 bits per heavy atom. The highest BCUT2D eigenvalue weighted by Crippen LogP contribution is 2.42. The van der Waals surface area contributed by atoms with Gasteiger partial charge in [-0.25, -0.2) is 17.6 Å². The van der Waals surface area contributed by atoms with Gasteiger partial charge >= 0.3 is 12.2 Å². The SMILES string of the molecule is CC(O)(c1ccc2c(c1)CCC(CNC(=O)Nc1ccccc1)N2S(=O)(=O)c1ccc(F)cc1)C(F)(F)F. The van der Waals surface area contributed by atoms with Gasteiger partial charge in [0.1, 0.15) is 5.82 Å². The molecular weight excluding hydrogens is 526 g/mol. The molecule has 2 unspecified atom stereocenters. The second kappa shape index (κ2) is 10.3. The third-order valence-electron chi connectivity index (χ3n) is 6.41. The number of urea groups is 1.